The lowest BCUT2D eigenvalue weighted by Crippen LogP contribution is -2.65. The molecule has 0 aliphatic carbocycles. The van der Waals surface area contributed by atoms with Crippen molar-refractivity contribution in [1.29, 1.82) is 5.26 Å². The number of ether oxygens (including phenoxy) is 1. The van der Waals surface area contributed by atoms with E-state index in [-0.39, 0.29) is 6.10 Å². The van der Waals surface area contributed by atoms with Gasteiger partial charge in [-0.05, 0) is 49.2 Å². The Kier molecular flexibility index (Phi) is 7.02. The molecule has 2 aromatic heterocycles. The standard InChI is InChI=1S/C31H38N8O/c1-22-17-37(28-6-5-24(15-32)31-26(28)3-2-9-34-31)19-25-18-36(12-13-39(22)25)11-8-23-4-7-30(35-16-23)38-20-27-29(21-38)40-14-10-33-27/h2-7,9,16,22,25,27,29,33H,8,10-14,17-21H2,1H3/t22-,25+,27-,29-/m1/s1. The number of nitriles is 1. The minimum atomic E-state index is 0.277. The molecule has 4 atom stereocenters. The molecule has 7 rings (SSSR count). The molecule has 40 heavy (non-hydrogen) atoms. The molecule has 0 radical (unpaired) electrons. The van der Waals surface area contributed by atoms with Gasteiger partial charge in [0.15, 0.2) is 0 Å². The number of aromatic nitrogens is 2. The lowest BCUT2D eigenvalue weighted by molar-refractivity contribution is 0.0212. The normalized spacial score (nSPS) is 27.4. The minimum absolute atomic E-state index is 0.277. The van der Waals surface area contributed by atoms with Crippen LogP contribution in [0, 0.1) is 11.3 Å². The largest absolute Gasteiger partial charge is 0.373 e. The minimum Gasteiger partial charge on any atom is -0.373 e. The van der Waals surface area contributed by atoms with Crippen LogP contribution in [0.5, 0.6) is 0 Å². The van der Waals surface area contributed by atoms with E-state index < -0.39 is 0 Å². The molecule has 1 N–H and O–H groups in total. The first kappa shape index (κ1) is 25.7. The first-order valence-corrected chi connectivity index (χ1v) is 14.7. The van der Waals surface area contributed by atoms with Crippen molar-refractivity contribution in [3.8, 4) is 6.07 Å². The summed E-state index contributed by atoms with van der Waals surface area (Å²) < 4.78 is 5.93. The van der Waals surface area contributed by atoms with E-state index in [9.17, 15) is 5.26 Å². The molecule has 0 amide bonds. The summed E-state index contributed by atoms with van der Waals surface area (Å²) in [5.74, 6) is 1.05. The Hall–Kier alpha value is -3.29. The summed E-state index contributed by atoms with van der Waals surface area (Å²) in [6.07, 6.45) is 5.14. The third kappa shape index (κ3) is 4.90. The maximum atomic E-state index is 9.57. The Morgan fingerprint density at radius 3 is 2.83 bits per heavy atom. The number of piperazine rings is 2. The molecule has 9 heteroatoms. The number of morpholine rings is 1. The molecule has 1 aromatic carbocycles. The number of fused-ring (bicyclic) bond motifs is 3. The van der Waals surface area contributed by atoms with Gasteiger partial charge in [-0.25, -0.2) is 4.98 Å². The predicted octanol–water partition coefficient (Wildman–Crippen LogP) is 2.12. The number of rotatable bonds is 5. The number of benzene rings is 1. The molecular formula is C31H38N8O. The van der Waals surface area contributed by atoms with E-state index in [1.54, 1.807) is 6.20 Å². The van der Waals surface area contributed by atoms with Gasteiger partial charge in [0.2, 0.25) is 0 Å². The van der Waals surface area contributed by atoms with Gasteiger partial charge >= 0.3 is 0 Å². The molecule has 4 fully saturated rings. The fourth-order valence-electron chi connectivity index (χ4n) is 7.17. The summed E-state index contributed by atoms with van der Waals surface area (Å²) in [5, 5.41) is 14.2. The Labute approximate surface area is 236 Å². The van der Waals surface area contributed by atoms with Crippen LogP contribution in [0.15, 0.2) is 48.8 Å². The van der Waals surface area contributed by atoms with Gasteiger partial charge in [-0.1, -0.05) is 6.07 Å². The second kappa shape index (κ2) is 10.9. The van der Waals surface area contributed by atoms with Crippen molar-refractivity contribution in [2.75, 3.05) is 75.3 Å². The van der Waals surface area contributed by atoms with Crippen molar-refractivity contribution in [3.63, 3.8) is 0 Å². The van der Waals surface area contributed by atoms with Crippen molar-refractivity contribution in [2.45, 2.75) is 37.6 Å². The van der Waals surface area contributed by atoms with Gasteiger partial charge in [0, 0.05) is 94.5 Å². The van der Waals surface area contributed by atoms with Crippen LogP contribution in [0.4, 0.5) is 11.5 Å². The average molecular weight is 539 g/mol. The lowest BCUT2D eigenvalue weighted by Gasteiger charge is -2.51. The number of nitrogens with one attached hydrogen (secondary N) is 1. The summed E-state index contributed by atoms with van der Waals surface area (Å²) in [6.45, 7) is 12.3. The van der Waals surface area contributed by atoms with Crippen molar-refractivity contribution in [3.05, 3.63) is 59.9 Å². The molecule has 4 aliphatic rings. The highest BCUT2D eigenvalue weighted by atomic mass is 16.5. The first-order chi connectivity index (χ1) is 19.7. The van der Waals surface area contributed by atoms with Crippen molar-refractivity contribution in [2.24, 2.45) is 0 Å². The second-order valence-corrected chi connectivity index (χ2v) is 11.7. The number of pyridine rings is 2. The van der Waals surface area contributed by atoms with Gasteiger partial charge in [-0.2, -0.15) is 5.26 Å². The highest BCUT2D eigenvalue weighted by Gasteiger charge is 2.37. The molecule has 0 unspecified atom stereocenters. The Morgan fingerprint density at radius 2 is 1.98 bits per heavy atom. The topological polar surface area (TPSA) is 83.8 Å². The average Bonchev–Trinajstić information content (AvgIpc) is 3.44. The summed E-state index contributed by atoms with van der Waals surface area (Å²) in [4.78, 5) is 19.5. The number of nitrogens with zero attached hydrogens (tertiary/aromatic N) is 7. The van der Waals surface area contributed by atoms with Crippen LogP contribution in [0.25, 0.3) is 10.9 Å². The van der Waals surface area contributed by atoms with Gasteiger partial charge in [-0.15, -0.1) is 0 Å². The lowest BCUT2D eigenvalue weighted by atomic mass is 10.0. The first-order valence-electron chi connectivity index (χ1n) is 14.7. The molecule has 9 nitrogen and oxygen atoms in total. The molecular weight excluding hydrogens is 500 g/mol. The van der Waals surface area contributed by atoms with E-state index in [4.69, 9.17) is 9.72 Å². The molecule has 4 saturated heterocycles. The van der Waals surface area contributed by atoms with Crippen LogP contribution in [0.2, 0.25) is 0 Å². The third-order valence-electron chi connectivity index (χ3n) is 9.26. The number of anilines is 2. The second-order valence-electron chi connectivity index (χ2n) is 11.7. The SMILES string of the molecule is C[C@@H]1CN(c2ccc(C#N)c3ncccc23)C[C@@H]2CN(CCc3ccc(N4C[C@H]5NCCO[C@@H]5C4)nc3)CCN21. The quantitative estimate of drug-likeness (QED) is 0.525. The van der Waals surface area contributed by atoms with E-state index in [2.05, 4.69) is 73.4 Å². The van der Waals surface area contributed by atoms with Crippen LogP contribution in [0.1, 0.15) is 18.1 Å². The maximum absolute atomic E-state index is 9.57. The summed E-state index contributed by atoms with van der Waals surface area (Å²) in [5.41, 5.74) is 3.93. The zero-order valence-corrected chi connectivity index (χ0v) is 23.2. The number of hydrogen-bond acceptors (Lipinski definition) is 9. The predicted molar refractivity (Wildman–Crippen MR) is 157 cm³/mol. The zero-order valence-electron chi connectivity index (χ0n) is 23.2. The van der Waals surface area contributed by atoms with Crippen molar-refractivity contribution in [1.82, 2.24) is 25.1 Å². The summed E-state index contributed by atoms with van der Waals surface area (Å²) in [6, 6.07) is 16.2. The van der Waals surface area contributed by atoms with Gasteiger partial charge in [0.25, 0.3) is 0 Å². The van der Waals surface area contributed by atoms with E-state index in [1.165, 1.54) is 11.3 Å². The van der Waals surface area contributed by atoms with Crippen molar-refractivity contribution < 1.29 is 4.74 Å². The van der Waals surface area contributed by atoms with E-state index >= 15 is 0 Å². The Bertz CT molecular complexity index is 1380. The third-order valence-corrected chi connectivity index (χ3v) is 9.26. The molecule has 0 bridgehead atoms. The molecule has 0 saturated carbocycles. The van der Waals surface area contributed by atoms with E-state index in [0.717, 1.165) is 88.7 Å². The molecule has 208 valence electrons. The molecule has 6 heterocycles. The van der Waals surface area contributed by atoms with Gasteiger partial charge in [0.05, 0.1) is 29.8 Å². The molecule has 0 spiro atoms. The van der Waals surface area contributed by atoms with E-state index in [1.807, 2.05) is 12.1 Å². The monoisotopic (exact) mass is 538 g/mol. The van der Waals surface area contributed by atoms with E-state index in [0.29, 0.717) is 23.7 Å². The van der Waals surface area contributed by atoms with Crippen LogP contribution < -0.4 is 15.1 Å². The highest BCUT2D eigenvalue weighted by Crippen LogP contribution is 2.32. The summed E-state index contributed by atoms with van der Waals surface area (Å²) in [7, 11) is 0. The highest BCUT2D eigenvalue weighted by molar-refractivity contribution is 5.95. The zero-order chi connectivity index (χ0) is 27.1. The van der Waals surface area contributed by atoms with Gasteiger partial charge in [0.1, 0.15) is 11.9 Å². The van der Waals surface area contributed by atoms with Gasteiger partial charge in [-0.3, -0.25) is 9.88 Å². The smallest absolute Gasteiger partial charge is 0.128 e. The molecule has 4 aliphatic heterocycles. The molecule has 3 aromatic rings. The van der Waals surface area contributed by atoms with Crippen LogP contribution >= 0.6 is 0 Å². The van der Waals surface area contributed by atoms with Crippen LogP contribution in [-0.2, 0) is 11.2 Å². The Morgan fingerprint density at radius 1 is 1.02 bits per heavy atom. The summed E-state index contributed by atoms with van der Waals surface area (Å²) >= 11 is 0. The number of hydrogen-bond donors (Lipinski definition) is 1. The Balaban J connectivity index is 0.982. The van der Waals surface area contributed by atoms with Gasteiger partial charge < -0.3 is 24.8 Å². The maximum Gasteiger partial charge on any atom is 0.128 e. The van der Waals surface area contributed by atoms with Crippen LogP contribution in [0.3, 0.4) is 0 Å². The van der Waals surface area contributed by atoms with Crippen molar-refractivity contribution >= 4 is 22.4 Å². The fraction of sp³-hybridized carbons (Fsp3) is 0.516. The fourth-order valence-corrected chi connectivity index (χ4v) is 7.17. The van der Waals surface area contributed by atoms with Crippen LogP contribution in [-0.4, -0.2) is 110 Å².